The van der Waals surface area contributed by atoms with Crippen molar-refractivity contribution >= 4 is 35.1 Å². The number of amides is 5. The predicted molar refractivity (Wildman–Crippen MR) is 118 cm³/mol. The predicted octanol–water partition coefficient (Wildman–Crippen LogP) is 1.77. The van der Waals surface area contributed by atoms with E-state index in [9.17, 15) is 29.3 Å². The minimum atomic E-state index is -1.48. The number of hydrogen-bond donors (Lipinski definition) is 2. The van der Waals surface area contributed by atoms with Gasteiger partial charge < -0.3 is 15.5 Å². The number of anilines is 1. The fourth-order valence-corrected chi connectivity index (χ4v) is 3.35. The Kier molecular flexibility index (Phi) is 6.43. The van der Waals surface area contributed by atoms with Crippen molar-refractivity contribution < 1.29 is 24.1 Å². The minimum absolute atomic E-state index is 0.156. The molecular weight excluding hydrogens is 430 g/mol. The van der Waals surface area contributed by atoms with Gasteiger partial charge in [0.15, 0.2) is 0 Å². The number of nitrogens with zero attached hydrogens (tertiary/aromatic N) is 3. The van der Waals surface area contributed by atoms with Crippen LogP contribution in [0.4, 0.5) is 16.2 Å². The average Bonchev–Trinajstić information content (AvgIpc) is 2.99. The Balaban J connectivity index is 1.63. The molecule has 2 N–H and O–H groups in total. The minimum Gasteiger partial charge on any atom is -0.335 e. The summed E-state index contributed by atoms with van der Waals surface area (Å²) in [6.07, 6.45) is 0. The molecule has 1 heterocycles. The zero-order valence-corrected chi connectivity index (χ0v) is 18.3. The number of benzene rings is 2. The Morgan fingerprint density at radius 1 is 1.12 bits per heavy atom. The standard InChI is InChI=1S/C22H23N5O6/c1-14-4-8-16(9-5-14)23-18(28)12-25(3)19(29)13-26-20(30)22(2,24-21(26)31)15-6-10-17(11-7-15)27(32)33/h4-11H,12-13H2,1-3H3,(H,23,28)(H,24,31). The summed E-state index contributed by atoms with van der Waals surface area (Å²) in [5, 5.41) is 16.1. The van der Waals surface area contributed by atoms with Gasteiger partial charge in [-0.2, -0.15) is 0 Å². The SMILES string of the molecule is Cc1ccc(NC(=O)CN(C)C(=O)CN2C(=O)NC(C)(c3ccc([N+](=O)[O-])cc3)C2=O)cc1. The van der Waals surface area contributed by atoms with Gasteiger partial charge in [0.2, 0.25) is 11.8 Å². The molecule has 1 aliphatic heterocycles. The highest BCUT2D eigenvalue weighted by Crippen LogP contribution is 2.30. The molecule has 0 bridgehead atoms. The molecule has 3 rings (SSSR count). The zero-order valence-electron chi connectivity index (χ0n) is 18.3. The Hall–Kier alpha value is -4.28. The number of hydrogen-bond acceptors (Lipinski definition) is 6. The molecule has 172 valence electrons. The number of imide groups is 1. The van der Waals surface area contributed by atoms with Crippen LogP contribution in [0, 0.1) is 17.0 Å². The lowest BCUT2D eigenvalue weighted by Crippen LogP contribution is -2.45. The van der Waals surface area contributed by atoms with E-state index in [1.807, 2.05) is 19.1 Å². The summed E-state index contributed by atoms with van der Waals surface area (Å²) in [6.45, 7) is 2.55. The van der Waals surface area contributed by atoms with Gasteiger partial charge in [-0.15, -0.1) is 0 Å². The van der Waals surface area contributed by atoms with Gasteiger partial charge in [-0.1, -0.05) is 17.7 Å². The molecule has 0 radical (unpaired) electrons. The van der Waals surface area contributed by atoms with Crippen LogP contribution in [0.25, 0.3) is 0 Å². The second kappa shape index (κ2) is 9.07. The van der Waals surface area contributed by atoms with Gasteiger partial charge in [0.25, 0.3) is 11.6 Å². The van der Waals surface area contributed by atoms with Crippen molar-refractivity contribution in [2.24, 2.45) is 0 Å². The molecule has 0 aromatic heterocycles. The lowest BCUT2D eigenvalue weighted by molar-refractivity contribution is -0.384. The highest BCUT2D eigenvalue weighted by atomic mass is 16.6. The zero-order chi connectivity index (χ0) is 24.3. The Morgan fingerprint density at radius 3 is 2.30 bits per heavy atom. The number of carbonyl (C=O) groups is 4. The number of likely N-dealkylation sites (N-methyl/N-ethyl adjacent to an activating group) is 1. The second-order valence-corrected chi connectivity index (χ2v) is 7.91. The van der Waals surface area contributed by atoms with E-state index in [1.165, 1.54) is 38.2 Å². The molecule has 1 unspecified atom stereocenters. The van der Waals surface area contributed by atoms with Crippen LogP contribution in [0.15, 0.2) is 48.5 Å². The summed E-state index contributed by atoms with van der Waals surface area (Å²) in [7, 11) is 1.39. The molecule has 11 nitrogen and oxygen atoms in total. The second-order valence-electron chi connectivity index (χ2n) is 7.91. The molecule has 1 aliphatic rings. The molecule has 11 heteroatoms. The van der Waals surface area contributed by atoms with Gasteiger partial charge in [-0.25, -0.2) is 4.79 Å². The van der Waals surface area contributed by atoms with E-state index in [1.54, 1.807) is 12.1 Å². The number of non-ortho nitro benzene ring substituents is 1. The summed E-state index contributed by atoms with van der Waals surface area (Å²) < 4.78 is 0. The van der Waals surface area contributed by atoms with Crippen LogP contribution in [0.3, 0.4) is 0 Å². The molecule has 2 aromatic rings. The van der Waals surface area contributed by atoms with E-state index in [2.05, 4.69) is 10.6 Å². The van der Waals surface area contributed by atoms with Crippen molar-refractivity contribution in [1.82, 2.24) is 15.1 Å². The number of nitro benzene ring substituents is 1. The van der Waals surface area contributed by atoms with Gasteiger partial charge in [0.05, 0.1) is 11.5 Å². The summed E-state index contributed by atoms with van der Waals surface area (Å²) in [5.74, 6) is -1.71. The normalized spacial score (nSPS) is 17.5. The number of carbonyl (C=O) groups excluding carboxylic acids is 4. The van der Waals surface area contributed by atoms with E-state index in [-0.39, 0.29) is 12.2 Å². The van der Waals surface area contributed by atoms with Crippen LogP contribution in [0.5, 0.6) is 0 Å². The van der Waals surface area contributed by atoms with Crippen molar-refractivity contribution in [3.05, 3.63) is 69.8 Å². The van der Waals surface area contributed by atoms with Crippen LogP contribution in [0.1, 0.15) is 18.1 Å². The van der Waals surface area contributed by atoms with Crippen LogP contribution >= 0.6 is 0 Å². The molecule has 1 fully saturated rings. The third-order valence-corrected chi connectivity index (χ3v) is 5.37. The number of nitrogens with one attached hydrogen (secondary N) is 2. The molecule has 0 aliphatic carbocycles. The van der Waals surface area contributed by atoms with Crippen LogP contribution in [-0.2, 0) is 19.9 Å². The lowest BCUT2D eigenvalue weighted by Gasteiger charge is -2.23. The first-order chi connectivity index (χ1) is 15.5. The third kappa shape index (κ3) is 4.97. The van der Waals surface area contributed by atoms with E-state index in [0.29, 0.717) is 11.3 Å². The van der Waals surface area contributed by atoms with Crippen molar-refractivity contribution in [3.63, 3.8) is 0 Å². The molecule has 0 spiro atoms. The summed E-state index contributed by atoms with van der Waals surface area (Å²) in [5.41, 5.74) is 0.325. The van der Waals surface area contributed by atoms with E-state index in [0.717, 1.165) is 15.4 Å². The fraction of sp³-hybridized carbons (Fsp3) is 0.273. The fourth-order valence-electron chi connectivity index (χ4n) is 3.35. The third-order valence-electron chi connectivity index (χ3n) is 5.37. The van der Waals surface area contributed by atoms with E-state index >= 15 is 0 Å². The number of nitro groups is 1. The van der Waals surface area contributed by atoms with Crippen molar-refractivity contribution in [3.8, 4) is 0 Å². The quantitative estimate of drug-likeness (QED) is 0.372. The maximum absolute atomic E-state index is 13.0. The van der Waals surface area contributed by atoms with Crippen LogP contribution < -0.4 is 10.6 Å². The van der Waals surface area contributed by atoms with Crippen LogP contribution in [-0.4, -0.2) is 58.6 Å². The molecule has 5 amide bonds. The summed E-state index contributed by atoms with van der Waals surface area (Å²) in [6, 6.07) is 11.6. The van der Waals surface area contributed by atoms with Crippen LogP contribution in [0.2, 0.25) is 0 Å². The monoisotopic (exact) mass is 453 g/mol. The summed E-state index contributed by atoms with van der Waals surface area (Å²) >= 11 is 0. The first-order valence-electron chi connectivity index (χ1n) is 10.0. The molecular formula is C22H23N5O6. The smallest absolute Gasteiger partial charge is 0.325 e. The molecule has 2 aromatic carbocycles. The molecule has 33 heavy (non-hydrogen) atoms. The van der Waals surface area contributed by atoms with Crippen molar-refractivity contribution in [1.29, 1.82) is 0 Å². The molecule has 1 saturated heterocycles. The lowest BCUT2D eigenvalue weighted by atomic mass is 9.92. The first-order valence-corrected chi connectivity index (χ1v) is 10.0. The Bertz CT molecular complexity index is 1120. The molecule has 0 saturated carbocycles. The maximum Gasteiger partial charge on any atom is 0.325 e. The van der Waals surface area contributed by atoms with E-state index < -0.39 is 40.8 Å². The largest absolute Gasteiger partial charge is 0.335 e. The Labute approximate surface area is 189 Å². The van der Waals surface area contributed by atoms with Gasteiger partial charge >= 0.3 is 6.03 Å². The van der Waals surface area contributed by atoms with Gasteiger partial charge in [0, 0.05) is 24.9 Å². The highest BCUT2D eigenvalue weighted by molar-refractivity contribution is 6.09. The topological polar surface area (TPSA) is 142 Å². The Morgan fingerprint density at radius 2 is 1.73 bits per heavy atom. The van der Waals surface area contributed by atoms with E-state index in [4.69, 9.17) is 0 Å². The highest BCUT2D eigenvalue weighted by Gasteiger charge is 2.49. The molecule has 1 atom stereocenters. The first kappa shape index (κ1) is 23.4. The maximum atomic E-state index is 13.0. The van der Waals surface area contributed by atoms with Gasteiger partial charge in [-0.3, -0.25) is 29.4 Å². The number of urea groups is 1. The number of rotatable bonds is 7. The van der Waals surface area contributed by atoms with Crippen molar-refractivity contribution in [2.45, 2.75) is 19.4 Å². The van der Waals surface area contributed by atoms with Crippen molar-refractivity contribution in [2.75, 3.05) is 25.5 Å². The number of aryl methyl sites for hydroxylation is 1. The summed E-state index contributed by atoms with van der Waals surface area (Å²) in [4.78, 5) is 62.4. The van der Waals surface area contributed by atoms with Gasteiger partial charge in [-0.05, 0) is 43.7 Å². The average molecular weight is 453 g/mol. The van der Waals surface area contributed by atoms with Gasteiger partial charge in [0.1, 0.15) is 12.1 Å².